The van der Waals surface area contributed by atoms with Gasteiger partial charge in [-0.05, 0) is 49.6 Å². The van der Waals surface area contributed by atoms with Gasteiger partial charge in [-0.15, -0.1) is 0 Å². The molecule has 2 bridgehead atoms. The smallest absolute Gasteiger partial charge is 0.290 e. The molecule has 2 aliphatic heterocycles. The Labute approximate surface area is 139 Å². The minimum atomic E-state index is -0.199. The van der Waals surface area contributed by atoms with Crippen molar-refractivity contribution in [3.8, 4) is 11.7 Å². The van der Waals surface area contributed by atoms with Crippen LogP contribution in [-0.4, -0.2) is 24.0 Å². The van der Waals surface area contributed by atoms with Crippen LogP contribution in [0.5, 0.6) is 11.7 Å². The lowest BCUT2D eigenvalue weighted by Crippen LogP contribution is -2.42. The predicted octanol–water partition coefficient (Wildman–Crippen LogP) is 3.35. The van der Waals surface area contributed by atoms with Crippen LogP contribution in [0.1, 0.15) is 29.8 Å². The molecule has 1 aromatic carbocycles. The number of carbonyl (C=O) groups is 1. The summed E-state index contributed by atoms with van der Waals surface area (Å²) in [6.45, 7) is 0. The lowest BCUT2D eigenvalue weighted by Gasteiger charge is -2.20. The second-order valence-corrected chi connectivity index (χ2v) is 6.47. The summed E-state index contributed by atoms with van der Waals surface area (Å²) < 4.78 is 11.0. The monoisotopic (exact) mass is 332 g/mol. The third kappa shape index (κ3) is 3.07. The molecule has 120 valence electrons. The van der Waals surface area contributed by atoms with Gasteiger partial charge in [-0.25, -0.2) is 0 Å². The summed E-state index contributed by atoms with van der Waals surface area (Å²) in [5.74, 6) is 0.948. The molecule has 23 heavy (non-hydrogen) atoms. The van der Waals surface area contributed by atoms with Crippen molar-refractivity contribution in [2.24, 2.45) is 0 Å². The summed E-state index contributed by atoms with van der Waals surface area (Å²) in [5, 5.41) is 7.17. The number of benzene rings is 1. The fourth-order valence-electron chi connectivity index (χ4n) is 3.34. The molecular weight excluding hydrogens is 316 g/mol. The van der Waals surface area contributed by atoms with Crippen molar-refractivity contribution in [3.05, 3.63) is 47.2 Å². The molecule has 2 N–H and O–H groups in total. The van der Waals surface area contributed by atoms with Gasteiger partial charge in [0.15, 0.2) is 5.76 Å². The Kier molecular flexibility index (Phi) is 3.75. The third-order valence-electron chi connectivity index (χ3n) is 4.45. The van der Waals surface area contributed by atoms with Crippen molar-refractivity contribution in [2.75, 3.05) is 0 Å². The van der Waals surface area contributed by atoms with Gasteiger partial charge in [0.05, 0.1) is 0 Å². The zero-order valence-electron chi connectivity index (χ0n) is 12.4. The van der Waals surface area contributed by atoms with Gasteiger partial charge >= 0.3 is 0 Å². The van der Waals surface area contributed by atoms with E-state index >= 15 is 0 Å². The van der Waals surface area contributed by atoms with Crippen molar-refractivity contribution < 1.29 is 13.9 Å². The van der Waals surface area contributed by atoms with Gasteiger partial charge in [0.2, 0.25) is 0 Å². The molecule has 2 aliphatic rings. The predicted molar refractivity (Wildman–Crippen MR) is 86.1 cm³/mol. The van der Waals surface area contributed by atoms with E-state index in [1.54, 1.807) is 36.4 Å². The molecule has 0 radical (unpaired) electrons. The minimum absolute atomic E-state index is 0.187. The number of hydrogen-bond acceptors (Lipinski definition) is 4. The largest absolute Gasteiger partial charge is 0.426 e. The number of fused-ring (bicyclic) bond motifs is 2. The Morgan fingerprint density at radius 1 is 1.22 bits per heavy atom. The zero-order chi connectivity index (χ0) is 15.8. The molecule has 3 atom stereocenters. The average molecular weight is 333 g/mol. The van der Waals surface area contributed by atoms with Crippen LogP contribution in [0.3, 0.4) is 0 Å². The molecule has 0 spiro atoms. The highest BCUT2D eigenvalue weighted by molar-refractivity contribution is 6.30. The van der Waals surface area contributed by atoms with E-state index in [1.165, 1.54) is 6.42 Å². The van der Waals surface area contributed by atoms with Crippen LogP contribution in [0.2, 0.25) is 5.02 Å². The van der Waals surface area contributed by atoms with E-state index in [-0.39, 0.29) is 23.7 Å². The molecule has 3 heterocycles. The second kappa shape index (κ2) is 5.91. The van der Waals surface area contributed by atoms with Crippen LogP contribution in [0.25, 0.3) is 0 Å². The standard InChI is InChI=1S/C17H17ClN2O3/c18-10-1-4-12(5-2-10)22-16-8-7-15(23-16)17(21)20-14-9-11-3-6-13(14)19-11/h1-2,4-5,7-8,11,13-14,19H,3,6,9H2,(H,20,21). The molecule has 2 fully saturated rings. The normalized spacial score (nSPS) is 25.5. The van der Waals surface area contributed by atoms with Crippen LogP contribution >= 0.6 is 11.6 Å². The van der Waals surface area contributed by atoms with E-state index in [4.69, 9.17) is 20.8 Å². The van der Waals surface area contributed by atoms with E-state index < -0.39 is 0 Å². The third-order valence-corrected chi connectivity index (χ3v) is 4.71. The van der Waals surface area contributed by atoms with Crippen molar-refractivity contribution in [2.45, 2.75) is 37.4 Å². The van der Waals surface area contributed by atoms with E-state index in [1.807, 2.05) is 0 Å². The van der Waals surface area contributed by atoms with Crippen LogP contribution in [0, 0.1) is 0 Å². The van der Waals surface area contributed by atoms with Crippen LogP contribution in [-0.2, 0) is 0 Å². The number of halogens is 1. The maximum absolute atomic E-state index is 12.3. The van der Waals surface area contributed by atoms with Gasteiger partial charge in [0.25, 0.3) is 11.9 Å². The summed E-state index contributed by atoms with van der Waals surface area (Å²) in [6.07, 6.45) is 3.32. The molecule has 1 aromatic heterocycles. The Balaban J connectivity index is 1.39. The number of rotatable bonds is 4. The molecule has 6 heteroatoms. The molecule has 3 unspecified atom stereocenters. The lowest BCUT2D eigenvalue weighted by atomic mass is 9.95. The molecule has 1 amide bonds. The fraction of sp³-hybridized carbons (Fsp3) is 0.353. The molecule has 0 saturated carbocycles. The number of carbonyl (C=O) groups excluding carboxylic acids is 1. The first-order valence-electron chi connectivity index (χ1n) is 7.77. The van der Waals surface area contributed by atoms with Crippen molar-refractivity contribution >= 4 is 17.5 Å². The quantitative estimate of drug-likeness (QED) is 0.901. The van der Waals surface area contributed by atoms with Gasteiger partial charge < -0.3 is 19.8 Å². The first-order chi connectivity index (χ1) is 11.2. The molecule has 2 aromatic rings. The SMILES string of the molecule is O=C(NC1CC2CCC1N2)c1ccc(Oc2ccc(Cl)cc2)o1. The minimum Gasteiger partial charge on any atom is -0.426 e. The van der Waals surface area contributed by atoms with Gasteiger partial charge in [-0.2, -0.15) is 0 Å². The van der Waals surface area contributed by atoms with Crippen molar-refractivity contribution in [3.63, 3.8) is 0 Å². The number of nitrogens with one attached hydrogen (secondary N) is 2. The zero-order valence-corrected chi connectivity index (χ0v) is 13.2. The van der Waals surface area contributed by atoms with Crippen molar-refractivity contribution in [1.82, 2.24) is 10.6 Å². The van der Waals surface area contributed by atoms with E-state index in [0.717, 1.165) is 12.8 Å². The van der Waals surface area contributed by atoms with E-state index in [0.29, 0.717) is 22.9 Å². The molecule has 4 rings (SSSR count). The van der Waals surface area contributed by atoms with Gasteiger partial charge in [0.1, 0.15) is 5.75 Å². The average Bonchev–Trinajstić information content (AvgIpc) is 3.26. The van der Waals surface area contributed by atoms with Gasteiger partial charge in [-0.3, -0.25) is 4.79 Å². The number of hydrogen-bond donors (Lipinski definition) is 2. The Morgan fingerprint density at radius 2 is 2.04 bits per heavy atom. The van der Waals surface area contributed by atoms with Gasteiger partial charge in [0, 0.05) is 29.2 Å². The first kappa shape index (κ1) is 14.6. The maximum Gasteiger partial charge on any atom is 0.290 e. The van der Waals surface area contributed by atoms with E-state index in [2.05, 4.69) is 10.6 Å². The highest BCUT2D eigenvalue weighted by atomic mass is 35.5. The van der Waals surface area contributed by atoms with Crippen LogP contribution in [0.4, 0.5) is 0 Å². The van der Waals surface area contributed by atoms with Crippen LogP contribution < -0.4 is 15.4 Å². The number of furan rings is 1. The Morgan fingerprint density at radius 3 is 2.74 bits per heavy atom. The van der Waals surface area contributed by atoms with E-state index in [9.17, 15) is 4.79 Å². The summed E-state index contributed by atoms with van der Waals surface area (Å²) in [6, 6.07) is 11.3. The summed E-state index contributed by atoms with van der Waals surface area (Å²) in [7, 11) is 0. The second-order valence-electron chi connectivity index (χ2n) is 6.04. The topological polar surface area (TPSA) is 63.5 Å². The van der Waals surface area contributed by atoms with Crippen LogP contribution in [0.15, 0.2) is 40.8 Å². The lowest BCUT2D eigenvalue weighted by molar-refractivity contribution is 0.0898. The van der Waals surface area contributed by atoms with Gasteiger partial charge in [-0.1, -0.05) is 11.6 Å². The summed E-state index contributed by atoms with van der Waals surface area (Å²) in [5.41, 5.74) is 0. The van der Waals surface area contributed by atoms with Crippen molar-refractivity contribution in [1.29, 1.82) is 0 Å². The Bertz CT molecular complexity index is 713. The fourth-order valence-corrected chi connectivity index (χ4v) is 3.47. The maximum atomic E-state index is 12.3. The summed E-state index contributed by atoms with van der Waals surface area (Å²) >= 11 is 5.83. The molecule has 2 saturated heterocycles. The Hall–Kier alpha value is -1.98. The highest BCUT2D eigenvalue weighted by Gasteiger charge is 2.39. The molecule has 5 nitrogen and oxygen atoms in total. The number of amides is 1. The summed E-state index contributed by atoms with van der Waals surface area (Å²) in [4.78, 5) is 12.3. The molecule has 0 aliphatic carbocycles. The highest BCUT2D eigenvalue weighted by Crippen LogP contribution is 2.29. The molecular formula is C17H17ClN2O3. The number of ether oxygens (including phenoxy) is 1. The first-order valence-corrected chi connectivity index (χ1v) is 8.15.